The summed E-state index contributed by atoms with van der Waals surface area (Å²) in [4.78, 5) is 22.7. The van der Waals surface area contributed by atoms with Crippen LogP contribution in [0.4, 0.5) is 4.39 Å². The third-order valence-corrected chi connectivity index (χ3v) is 2.06. The molecule has 0 N–H and O–H groups in total. The minimum absolute atomic E-state index is 0.199. The predicted octanol–water partition coefficient (Wildman–Crippen LogP) is 2.13. The predicted molar refractivity (Wildman–Crippen MR) is 51.3 cm³/mol. The highest BCUT2D eigenvalue weighted by Gasteiger charge is 2.35. The van der Waals surface area contributed by atoms with E-state index in [0.717, 1.165) is 25.0 Å². The summed E-state index contributed by atoms with van der Waals surface area (Å²) in [5, 5.41) is 0. The van der Waals surface area contributed by atoms with Gasteiger partial charge < -0.3 is 0 Å². The van der Waals surface area contributed by atoms with Crippen molar-refractivity contribution >= 4 is 11.6 Å². The summed E-state index contributed by atoms with van der Waals surface area (Å²) in [5.41, 5.74) is -0.281. The third kappa shape index (κ3) is 2.05. The first kappa shape index (κ1) is 10.6. The second-order valence-corrected chi connectivity index (χ2v) is 3.14. The lowest BCUT2D eigenvalue weighted by atomic mass is 10.0. The second kappa shape index (κ2) is 4.13. The van der Waals surface area contributed by atoms with Crippen LogP contribution in [-0.4, -0.2) is 11.6 Å². The molecule has 0 amide bonds. The molecule has 0 unspecified atom stereocenters. The fourth-order valence-corrected chi connectivity index (χ4v) is 1.07. The number of carbonyl (C=O) groups is 2. The lowest BCUT2D eigenvalue weighted by Gasteiger charge is -1.99. The van der Waals surface area contributed by atoms with Gasteiger partial charge in [-0.25, -0.2) is 4.39 Å². The Labute approximate surface area is 81.8 Å². The first-order valence-electron chi connectivity index (χ1n) is 4.35. The minimum atomic E-state index is -0.793. The van der Waals surface area contributed by atoms with Crippen molar-refractivity contribution in [2.24, 2.45) is 5.92 Å². The molecule has 0 bridgehead atoms. The number of rotatable bonds is 5. The molecule has 1 fully saturated rings. The van der Waals surface area contributed by atoms with Gasteiger partial charge in [-0.05, 0) is 18.9 Å². The number of hydrogen-bond acceptors (Lipinski definition) is 2. The highest BCUT2D eigenvalue weighted by molar-refractivity contribution is 6.45. The normalized spacial score (nSPS) is 16.9. The van der Waals surface area contributed by atoms with E-state index in [-0.39, 0.29) is 11.5 Å². The van der Waals surface area contributed by atoms with Gasteiger partial charge in [-0.1, -0.05) is 19.2 Å². The Morgan fingerprint density at radius 1 is 1.21 bits per heavy atom. The van der Waals surface area contributed by atoms with Crippen molar-refractivity contribution in [2.45, 2.75) is 12.8 Å². The Morgan fingerprint density at radius 2 is 1.79 bits per heavy atom. The maximum absolute atomic E-state index is 13.0. The Balaban J connectivity index is 2.89. The van der Waals surface area contributed by atoms with Gasteiger partial charge in [-0.15, -0.1) is 0 Å². The van der Waals surface area contributed by atoms with Gasteiger partial charge in [0.25, 0.3) is 0 Å². The number of Topliss-reactive ketones (excluding diaryl/α,β-unsaturated/α-hetero) is 2. The SMILES string of the molecule is C=C/C(F)=C(\C=C)C(=O)C(=O)C1CC1. The molecule has 3 heteroatoms. The molecule has 0 atom stereocenters. The zero-order valence-corrected chi connectivity index (χ0v) is 7.75. The number of allylic oxidation sites excluding steroid dienone is 4. The molecule has 0 aromatic rings. The number of carbonyl (C=O) groups excluding carboxylic acids is 2. The summed E-state index contributed by atoms with van der Waals surface area (Å²) in [6.45, 7) is 6.48. The van der Waals surface area contributed by atoms with Crippen molar-refractivity contribution in [1.82, 2.24) is 0 Å². The van der Waals surface area contributed by atoms with Gasteiger partial charge in [0.15, 0.2) is 0 Å². The average molecular weight is 194 g/mol. The molecule has 0 aliphatic heterocycles. The summed E-state index contributed by atoms with van der Waals surface area (Å²) in [6, 6.07) is 0. The molecule has 0 saturated heterocycles. The van der Waals surface area contributed by atoms with Crippen LogP contribution >= 0.6 is 0 Å². The van der Waals surface area contributed by atoms with E-state index >= 15 is 0 Å². The Bertz CT molecular complexity index is 335. The van der Waals surface area contributed by atoms with E-state index < -0.39 is 17.4 Å². The maximum Gasteiger partial charge on any atom is 0.231 e. The highest BCUT2D eigenvalue weighted by atomic mass is 19.1. The highest BCUT2D eigenvalue weighted by Crippen LogP contribution is 2.31. The molecule has 2 nitrogen and oxygen atoms in total. The molecular formula is C11H11FO2. The van der Waals surface area contributed by atoms with E-state index in [1.807, 2.05) is 0 Å². The lowest BCUT2D eigenvalue weighted by molar-refractivity contribution is -0.135. The van der Waals surface area contributed by atoms with Crippen LogP contribution in [0.1, 0.15) is 12.8 Å². The van der Waals surface area contributed by atoms with Crippen molar-refractivity contribution in [1.29, 1.82) is 0 Å². The van der Waals surface area contributed by atoms with Crippen molar-refractivity contribution in [3.8, 4) is 0 Å². The quantitative estimate of drug-likeness (QED) is 0.381. The van der Waals surface area contributed by atoms with Crippen LogP contribution in [0.2, 0.25) is 0 Å². The first-order valence-corrected chi connectivity index (χ1v) is 4.35. The molecule has 14 heavy (non-hydrogen) atoms. The van der Waals surface area contributed by atoms with Crippen LogP contribution < -0.4 is 0 Å². The topological polar surface area (TPSA) is 34.1 Å². The van der Waals surface area contributed by atoms with Crippen LogP contribution in [0.25, 0.3) is 0 Å². The number of halogens is 1. The van der Waals surface area contributed by atoms with Gasteiger partial charge in [0.05, 0.1) is 5.57 Å². The average Bonchev–Trinajstić information content (AvgIpc) is 3.00. The van der Waals surface area contributed by atoms with Crippen molar-refractivity contribution in [2.75, 3.05) is 0 Å². The Hall–Kier alpha value is -1.51. The minimum Gasteiger partial charge on any atom is -0.290 e. The van der Waals surface area contributed by atoms with Gasteiger partial charge in [-0.2, -0.15) is 0 Å². The Kier molecular flexibility index (Phi) is 3.12. The van der Waals surface area contributed by atoms with Gasteiger partial charge in [0.1, 0.15) is 5.83 Å². The van der Waals surface area contributed by atoms with Gasteiger partial charge >= 0.3 is 0 Å². The van der Waals surface area contributed by atoms with Crippen LogP contribution in [0.5, 0.6) is 0 Å². The zero-order valence-electron chi connectivity index (χ0n) is 7.75. The van der Waals surface area contributed by atoms with E-state index in [2.05, 4.69) is 13.2 Å². The number of hydrogen-bond donors (Lipinski definition) is 0. The van der Waals surface area contributed by atoms with Crippen LogP contribution in [0.3, 0.4) is 0 Å². The van der Waals surface area contributed by atoms with Gasteiger partial charge in [0, 0.05) is 5.92 Å². The fraction of sp³-hybridized carbons (Fsp3) is 0.273. The van der Waals surface area contributed by atoms with E-state index in [4.69, 9.17) is 0 Å². The van der Waals surface area contributed by atoms with E-state index in [9.17, 15) is 14.0 Å². The molecule has 0 heterocycles. The molecule has 0 aromatic heterocycles. The smallest absolute Gasteiger partial charge is 0.231 e. The van der Waals surface area contributed by atoms with Crippen LogP contribution in [0, 0.1) is 5.92 Å². The summed E-state index contributed by atoms with van der Waals surface area (Å²) < 4.78 is 13.0. The summed E-state index contributed by atoms with van der Waals surface area (Å²) in [5.74, 6) is -2.30. The van der Waals surface area contributed by atoms with Crippen molar-refractivity contribution in [3.63, 3.8) is 0 Å². The van der Waals surface area contributed by atoms with Crippen molar-refractivity contribution < 1.29 is 14.0 Å². The molecule has 1 aliphatic carbocycles. The van der Waals surface area contributed by atoms with Gasteiger partial charge in [0.2, 0.25) is 11.6 Å². The summed E-state index contributed by atoms with van der Waals surface area (Å²) in [7, 11) is 0. The monoisotopic (exact) mass is 194 g/mol. The lowest BCUT2D eigenvalue weighted by Crippen LogP contribution is -2.17. The van der Waals surface area contributed by atoms with Crippen LogP contribution in [0.15, 0.2) is 36.7 Å². The molecule has 0 aromatic carbocycles. The standard InChI is InChI=1S/C11H11FO2/c1-3-8(9(12)4-2)11(14)10(13)7-5-6-7/h3-4,7H,1-2,5-6H2/b9-8-. The zero-order chi connectivity index (χ0) is 10.7. The molecule has 1 aliphatic rings. The molecule has 0 radical (unpaired) electrons. The fourth-order valence-electron chi connectivity index (χ4n) is 1.07. The van der Waals surface area contributed by atoms with E-state index in [0.29, 0.717) is 0 Å². The van der Waals surface area contributed by atoms with Gasteiger partial charge in [-0.3, -0.25) is 9.59 Å². The second-order valence-electron chi connectivity index (χ2n) is 3.14. The number of ketones is 2. The maximum atomic E-state index is 13.0. The van der Waals surface area contributed by atoms with Crippen LogP contribution in [-0.2, 0) is 9.59 Å². The largest absolute Gasteiger partial charge is 0.290 e. The summed E-state index contributed by atoms with van der Waals surface area (Å²) in [6.07, 6.45) is 3.41. The third-order valence-electron chi connectivity index (χ3n) is 2.06. The van der Waals surface area contributed by atoms with E-state index in [1.165, 1.54) is 0 Å². The molecule has 1 rings (SSSR count). The molecule has 0 spiro atoms. The first-order chi connectivity index (χ1) is 6.61. The molecular weight excluding hydrogens is 183 g/mol. The Morgan fingerprint density at radius 3 is 2.14 bits per heavy atom. The molecule has 74 valence electrons. The van der Waals surface area contributed by atoms with E-state index in [1.54, 1.807) is 0 Å². The van der Waals surface area contributed by atoms with Crippen molar-refractivity contribution in [3.05, 3.63) is 36.7 Å². The molecule has 1 saturated carbocycles. The summed E-state index contributed by atoms with van der Waals surface area (Å²) >= 11 is 0.